The standard InChI is InChI=1S/C26H28Cl2N2O5/c1-26(2,15-31)25(35)30-12-10-18(11-13-30)17-8-6-16(7-9-17)14-21(24(33)34)29-23(32)22-19(27)4-3-5-20(22)28/h3-10,21,31H,11-15H2,1-2H3,(H,29,32)(H,33,34)/t21-/m0/s1. The molecular weight excluding hydrogens is 491 g/mol. The highest BCUT2D eigenvalue weighted by Gasteiger charge is 2.32. The van der Waals surface area contributed by atoms with E-state index in [0.717, 1.165) is 16.7 Å². The molecule has 2 aromatic carbocycles. The number of nitrogens with zero attached hydrogens (tertiary/aromatic N) is 1. The van der Waals surface area contributed by atoms with Gasteiger partial charge in [0.2, 0.25) is 5.91 Å². The maximum absolute atomic E-state index is 12.6. The van der Waals surface area contributed by atoms with E-state index in [1.54, 1.807) is 24.8 Å². The lowest BCUT2D eigenvalue weighted by Crippen LogP contribution is -2.44. The number of aliphatic hydroxyl groups is 1. The molecule has 3 rings (SSSR count). The summed E-state index contributed by atoms with van der Waals surface area (Å²) in [6.07, 6.45) is 2.76. The predicted octanol–water partition coefficient (Wildman–Crippen LogP) is 4.05. The molecule has 3 N–H and O–H groups in total. The number of benzene rings is 2. The van der Waals surface area contributed by atoms with Crippen LogP contribution in [0.1, 0.15) is 41.8 Å². The summed E-state index contributed by atoms with van der Waals surface area (Å²) < 4.78 is 0. The molecule has 0 unspecified atom stereocenters. The average Bonchev–Trinajstić information content (AvgIpc) is 2.83. The fourth-order valence-electron chi connectivity index (χ4n) is 3.85. The Bertz CT molecular complexity index is 1120. The van der Waals surface area contributed by atoms with Crippen molar-refractivity contribution in [3.63, 3.8) is 0 Å². The van der Waals surface area contributed by atoms with Crippen molar-refractivity contribution in [2.24, 2.45) is 5.41 Å². The quantitative estimate of drug-likeness (QED) is 0.488. The van der Waals surface area contributed by atoms with Gasteiger partial charge in [0, 0.05) is 19.5 Å². The van der Waals surface area contributed by atoms with Crippen LogP contribution >= 0.6 is 23.2 Å². The van der Waals surface area contributed by atoms with Crippen LogP contribution in [-0.2, 0) is 16.0 Å². The second-order valence-electron chi connectivity index (χ2n) is 9.13. The number of carboxylic acid groups (broad SMARTS) is 1. The minimum absolute atomic E-state index is 0.0385. The number of rotatable bonds is 8. The van der Waals surface area contributed by atoms with Crippen molar-refractivity contribution < 1.29 is 24.6 Å². The number of halogens is 2. The number of carboxylic acids is 1. The molecule has 1 heterocycles. The fourth-order valence-corrected chi connectivity index (χ4v) is 4.42. The summed E-state index contributed by atoms with van der Waals surface area (Å²) in [6.45, 7) is 4.28. The fraction of sp³-hybridized carbons (Fsp3) is 0.346. The molecule has 0 spiro atoms. The van der Waals surface area contributed by atoms with Crippen LogP contribution in [0.25, 0.3) is 5.57 Å². The van der Waals surface area contributed by atoms with Gasteiger partial charge in [0.05, 0.1) is 27.6 Å². The zero-order chi connectivity index (χ0) is 25.8. The van der Waals surface area contributed by atoms with E-state index in [2.05, 4.69) is 5.32 Å². The molecule has 0 bridgehead atoms. The zero-order valence-electron chi connectivity index (χ0n) is 19.6. The number of hydrogen-bond donors (Lipinski definition) is 3. The van der Waals surface area contributed by atoms with Crippen molar-refractivity contribution >= 4 is 46.6 Å². The van der Waals surface area contributed by atoms with Gasteiger partial charge in [-0.25, -0.2) is 4.79 Å². The molecule has 2 aromatic rings. The molecule has 0 saturated carbocycles. The first-order valence-corrected chi connectivity index (χ1v) is 12.0. The van der Waals surface area contributed by atoms with E-state index in [-0.39, 0.29) is 34.5 Å². The van der Waals surface area contributed by atoms with Gasteiger partial charge in [0.25, 0.3) is 5.91 Å². The highest BCUT2D eigenvalue weighted by atomic mass is 35.5. The van der Waals surface area contributed by atoms with Crippen LogP contribution in [0.15, 0.2) is 48.5 Å². The third-order valence-electron chi connectivity index (χ3n) is 6.03. The van der Waals surface area contributed by atoms with E-state index in [9.17, 15) is 24.6 Å². The number of nitrogens with one attached hydrogen (secondary N) is 1. The van der Waals surface area contributed by atoms with Gasteiger partial charge in [-0.2, -0.15) is 0 Å². The number of carbonyl (C=O) groups is 3. The molecular formula is C26H28Cl2N2O5. The van der Waals surface area contributed by atoms with Crippen molar-refractivity contribution in [2.45, 2.75) is 32.7 Å². The number of aliphatic carboxylic acids is 1. The number of amides is 2. The van der Waals surface area contributed by atoms with Gasteiger partial charge in [-0.05, 0) is 49.1 Å². The second-order valence-corrected chi connectivity index (χ2v) is 9.95. The Labute approximate surface area is 214 Å². The van der Waals surface area contributed by atoms with Crippen LogP contribution in [0.5, 0.6) is 0 Å². The van der Waals surface area contributed by atoms with E-state index < -0.39 is 23.3 Å². The SMILES string of the molecule is CC(C)(CO)C(=O)N1CC=C(c2ccc(C[C@H](NC(=O)c3c(Cl)cccc3Cl)C(=O)O)cc2)CC1. The molecule has 0 saturated heterocycles. The van der Waals surface area contributed by atoms with Crippen molar-refractivity contribution in [3.05, 3.63) is 75.3 Å². The Balaban J connectivity index is 1.66. The van der Waals surface area contributed by atoms with Crippen molar-refractivity contribution in [1.82, 2.24) is 10.2 Å². The molecule has 0 radical (unpaired) electrons. The van der Waals surface area contributed by atoms with Crippen LogP contribution in [0, 0.1) is 5.41 Å². The molecule has 9 heteroatoms. The highest BCUT2D eigenvalue weighted by Crippen LogP contribution is 2.27. The minimum atomic E-state index is -1.17. The average molecular weight is 519 g/mol. The first-order valence-electron chi connectivity index (χ1n) is 11.2. The smallest absolute Gasteiger partial charge is 0.326 e. The third-order valence-corrected chi connectivity index (χ3v) is 6.66. The van der Waals surface area contributed by atoms with Gasteiger partial charge in [-0.1, -0.05) is 59.6 Å². The maximum atomic E-state index is 12.6. The lowest BCUT2D eigenvalue weighted by Gasteiger charge is -2.33. The molecule has 1 aliphatic heterocycles. The Morgan fingerprint density at radius 2 is 1.71 bits per heavy atom. The summed E-state index contributed by atoms with van der Waals surface area (Å²) in [5.74, 6) is -1.90. The summed E-state index contributed by atoms with van der Waals surface area (Å²) in [5.41, 5.74) is 2.06. The summed E-state index contributed by atoms with van der Waals surface area (Å²) in [4.78, 5) is 38.7. The Kier molecular flexibility index (Phi) is 8.59. The monoisotopic (exact) mass is 518 g/mol. The lowest BCUT2D eigenvalue weighted by molar-refractivity contribution is -0.142. The van der Waals surface area contributed by atoms with Crippen molar-refractivity contribution in [1.29, 1.82) is 0 Å². The number of carbonyl (C=O) groups excluding carboxylic acids is 2. The number of hydrogen-bond acceptors (Lipinski definition) is 4. The van der Waals surface area contributed by atoms with E-state index in [0.29, 0.717) is 19.5 Å². The molecule has 0 aliphatic carbocycles. The molecule has 2 amide bonds. The van der Waals surface area contributed by atoms with E-state index >= 15 is 0 Å². The minimum Gasteiger partial charge on any atom is -0.480 e. The van der Waals surface area contributed by atoms with Gasteiger partial charge >= 0.3 is 5.97 Å². The molecule has 0 fully saturated rings. The first kappa shape index (κ1) is 26.7. The van der Waals surface area contributed by atoms with Crippen LogP contribution in [0.4, 0.5) is 0 Å². The van der Waals surface area contributed by atoms with Crippen molar-refractivity contribution in [3.8, 4) is 0 Å². The summed E-state index contributed by atoms with van der Waals surface area (Å²) in [7, 11) is 0. The Morgan fingerprint density at radius 1 is 1.09 bits per heavy atom. The van der Waals surface area contributed by atoms with Crippen LogP contribution < -0.4 is 5.32 Å². The molecule has 186 valence electrons. The topological polar surface area (TPSA) is 107 Å². The summed E-state index contributed by atoms with van der Waals surface area (Å²) in [5, 5.41) is 21.9. The molecule has 0 aromatic heterocycles. The maximum Gasteiger partial charge on any atom is 0.326 e. The summed E-state index contributed by atoms with van der Waals surface area (Å²) >= 11 is 12.1. The second kappa shape index (κ2) is 11.2. The zero-order valence-corrected chi connectivity index (χ0v) is 21.1. The molecule has 7 nitrogen and oxygen atoms in total. The van der Waals surface area contributed by atoms with Crippen molar-refractivity contribution in [2.75, 3.05) is 19.7 Å². The lowest BCUT2D eigenvalue weighted by atomic mass is 9.91. The molecule has 35 heavy (non-hydrogen) atoms. The van der Waals surface area contributed by atoms with E-state index in [1.807, 2.05) is 30.3 Å². The van der Waals surface area contributed by atoms with Crippen LogP contribution in [-0.4, -0.2) is 58.6 Å². The van der Waals surface area contributed by atoms with Gasteiger partial charge in [0.15, 0.2) is 0 Å². The van der Waals surface area contributed by atoms with Gasteiger partial charge in [0.1, 0.15) is 6.04 Å². The Morgan fingerprint density at radius 3 is 2.23 bits per heavy atom. The highest BCUT2D eigenvalue weighted by molar-refractivity contribution is 6.39. The predicted molar refractivity (Wildman–Crippen MR) is 136 cm³/mol. The molecule has 1 aliphatic rings. The van der Waals surface area contributed by atoms with E-state index in [4.69, 9.17) is 23.2 Å². The van der Waals surface area contributed by atoms with Crippen LogP contribution in [0.3, 0.4) is 0 Å². The van der Waals surface area contributed by atoms with E-state index in [1.165, 1.54) is 12.1 Å². The normalized spacial score (nSPS) is 14.8. The largest absolute Gasteiger partial charge is 0.480 e. The Hall–Kier alpha value is -2.87. The molecule has 1 atom stereocenters. The van der Waals surface area contributed by atoms with Crippen LogP contribution in [0.2, 0.25) is 10.0 Å². The number of aliphatic hydroxyl groups excluding tert-OH is 1. The van der Waals surface area contributed by atoms with Gasteiger partial charge in [-0.15, -0.1) is 0 Å². The van der Waals surface area contributed by atoms with Gasteiger partial charge < -0.3 is 20.4 Å². The van der Waals surface area contributed by atoms with Gasteiger partial charge in [-0.3, -0.25) is 9.59 Å². The first-order chi connectivity index (χ1) is 16.5. The third kappa shape index (κ3) is 6.42. The summed E-state index contributed by atoms with van der Waals surface area (Å²) in [6, 6.07) is 10.9.